The van der Waals surface area contributed by atoms with Crippen LogP contribution in [0.5, 0.6) is 11.5 Å². The van der Waals surface area contributed by atoms with E-state index in [-0.39, 0.29) is 11.9 Å². The van der Waals surface area contributed by atoms with Gasteiger partial charge >= 0.3 is 0 Å². The van der Waals surface area contributed by atoms with Gasteiger partial charge in [-0.25, -0.2) is 19.5 Å². The summed E-state index contributed by atoms with van der Waals surface area (Å²) in [5, 5.41) is 9.28. The average molecular weight is 633 g/mol. The summed E-state index contributed by atoms with van der Waals surface area (Å²) in [7, 11) is 3.47. The first kappa shape index (κ1) is 27.9. The smallest absolute Gasteiger partial charge is 0.253 e. The summed E-state index contributed by atoms with van der Waals surface area (Å²) in [4.78, 5) is 29.9. The molecule has 0 N–H and O–H groups in total. The third-order valence-corrected chi connectivity index (χ3v) is 10.5. The molecule has 0 spiro atoms. The van der Waals surface area contributed by atoms with Crippen molar-refractivity contribution in [2.24, 2.45) is 0 Å². The van der Waals surface area contributed by atoms with Crippen LogP contribution in [0.2, 0.25) is 0 Å². The highest BCUT2D eigenvalue weighted by Gasteiger charge is 2.25. The highest BCUT2D eigenvalue weighted by Crippen LogP contribution is 2.39. The molecule has 1 unspecified atom stereocenters. The number of aromatic nitrogens is 5. The van der Waals surface area contributed by atoms with Gasteiger partial charge in [0, 0.05) is 42.3 Å². The van der Waals surface area contributed by atoms with Crippen LogP contribution in [0.25, 0.3) is 36.5 Å². The second-order valence-corrected chi connectivity index (χ2v) is 13.0. The molecular formula is C30H28N6O4S3. The molecule has 4 aromatic heterocycles. The fraction of sp³-hybridized carbons (Fsp3) is 0.300. The van der Waals surface area contributed by atoms with Crippen LogP contribution in [0.1, 0.15) is 34.4 Å². The topological polar surface area (TPSA) is 104 Å². The number of amides is 1. The molecule has 1 fully saturated rings. The zero-order valence-corrected chi connectivity index (χ0v) is 26.2. The second kappa shape index (κ2) is 11.6. The summed E-state index contributed by atoms with van der Waals surface area (Å²) in [6, 6.07) is 11.5. The van der Waals surface area contributed by atoms with Gasteiger partial charge in [0.2, 0.25) is 4.96 Å². The van der Waals surface area contributed by atoms with Crippen molar-refractivity contribution in [1.82, 2.24) is 29.5 Å². The van der Waals surface area contributed by atoms with Crippen LogP contribution in [0, 0.1) is 0 Å². The Kier molecular flexibility index (Phi) is 7.55. The molecule has 1 atom stereocenters. The molecule has 6 aromatic rings. The Hall–Kier alpha value is -3.91. The molecule has 2 aromatic carbocycles. The zero-order valence-electron chi connectivity index (χ0n) is 23.8. The highest BCUT2D eigenvalue weighted by molar-refractivity contribution is 7.22. The number of aryl methyl sites for hydroxylation is 1. The van der Waals surface area contributed by atoms with Gasteiger partial charge in [-0.2, -0.15) is 5.10 Å². The molecule has 43 heavy (non-hydrogen) atoms. The number of imidazole rings is 1. The fourth-order valence-electron chi connectivity index (χ4n) is 4.91. The van der Waals surface area contributed by atoms with Gasteiger partial charge in [0.25, 0.3) is 5.91 Å². The first-order valence-corrected chi connectivity index (χ1v) is 16.4. The number of thiazole rings is 2. The van der Waals surface area contributed by atoms with Gasteiger partial charge < -0.3 is 19.1 Å². The Morgan fingerprint density at radius 1 is 1.14 bits per heavy atom. The Labute approximate surface area is 259 Å². The first-order valence-electron chi connectivity index (χ1n) is 13.9. The van der Waals surface area contributed by atoms with Crippen molar-refractivity contribution >= 4 is 55.1 Å². The highest BCUT2D eigenvalue weighted by atomic mass is 32.1. The first-order chi connectivity index (χ1) is 21.0. The minimum absolute atomic E-state index is 0.00106. The number of carbonyl (C=O) groups excluding carboxylic acids is 1. The number of likely N-dealkylation sites (N-methyl/N-ethyl adjacent to an activating group) is 1. The Morgan fingerprint density at radius 2 is 2.00 bits per heavy atom. The number of ether oxygens (including phenoxy) is 3. The monoisotopic (exact) mass is 632 g/mol. The summed E-state index contributed by atoms with van der Waals surface area (Å²) < 4.78 is 20.0. The quantitative estimate of drug-likeness (QED) is 0.186. The molecule has 1 saturated heterocycles. The van der Waals surface area contributed by atoms with Crippen LogP contribution >= 0.6 is 34.0 Å². The number of hydrogen-bond donors (Lipinski definition) is 0. The van der Waals surface area contributed by atoms with E-state index in [0.29, 0.717) is 36.9 Å². The molecule has 0 saturated carbocycles. The molecule has 10 nitrogen and oxygen atoms in total. The molecule has 0 bridgehead atoms. The van der Waals surface area contributed by atoms with Crippen molar-refractivity contribution in [3.05, 3.63) is 64.2 Å². The molecule has 0 radical (unpaired) electrons. The van der Waals surface area contributed by atoms with E-state index in [1.165, 1.54) is 11.3 Å². The standard InChI is InChI=1S/C30H28N6O4S3/c1-4-25-34-36-13-23(33-30(36)42-25)28-32-22-11-21(38-3)12-24(26(22)43-28)40-14-19-16-41-27(31-19)17-5-7-18(8-6-17)29(37)35(2)20-9-10-39-15-20/h5-8,11-13,16,20H,4,9-10,14-15H2,1-3H3. The summed E-state index contributed by atoms with van der Waals surface area (Å²) in [5.41, 5.74) is 3.99. The average Bonchev–Trinajstić information content (AvgIpc) is 3.86. The number of carbonyl (C=O) groups is 1. The maximum atomic E-state index is 12.9. The van der Waals surface area contributed by atoms with Gasteiger partial charge in [0.1, 0.15) is 38.8 Å². The van der Waals surface area contributed by atoms with Crippen molar-refractivity contribution in [3.8, 4) is 32.8 Å². The summed E-state index contributed by atoms with van der Waals surface area (Å²) in [6.07, 6.45) is 3.67. The van der Waals surface area contributed by atoms with Crippen LogP contribution < -0.4 is 9.47 Å². The minimum Gasteiger partial charge on any atom is -0.497 e. The van der Waals surface area contributed by atoms with E-state index in [1.54, 1.807) is 34.7 Å². The molecule has 220 valence electrons. The second-order valence-electron chi connectivity index (χ2n) is 10.1. The van der Waals surface area contributed by atoms with Gasteiger partial charge in [-0.3, -0.25) is 4.79 Å². The zero-order chi connectivity index (χ0) is 29.5. The summed E-state index contributed by atoms with van der Waals surface area (Å²) in [5.74, 6) is 1.35. The number of fused-ring (bicyclic) bond motifs is 2. The minimum atomic E-state index is 0.00106. The van der Waals surface area contributed by atoms with Crippen molar-refractivity contribution in [2.45, 2.75) is 32.4 Å². The molecule has 1 aliphatic rings. The number of methoxy groups -OCH3 is 1. The predicted molar refractivity (Wildman–Crippen MR) is 169 cm³/mol. The lowest BCUT2D eigenvalue weighted by molar-refractivity contribution is 0.0711. The molecule has 7 rings (SSSR count). The van der Waals surface area contributed by atoms with E-state index in [9.17, 15) is 4.79 Å². The van der Waals surface area contributed by atoms with E-state index in [4.69, 9.17) is 29.2 Å². The molecule has 0 aliphatic carbocycles. The normalized spacial score (nSPS) is 15.0. The maximum absolute atomic E-state index is 12.9. The Morgan fingerprint density at radius 3 is 2.74 bits per heavy atom. The maximum Gasteiger partial charge on any atom is 0.253 e. The summed E-state index contributed by atoms with van der Waals surface area (Å²) in [6.45, 7) is 3.67. The van der Waals surface area contributed by atoms with Crippen LogP contribution in [0.4, 0.5) is 0 Å². The SMILES string of the molecule is CCc1nn2cc(-c3nc4cc(OC)cc(OCc5csc(-c6ccc(C(=O)N(C)C7CCOC7)cc6)n5)c4s3)nc2s1. The van der Waals surface area contributed by atoms with E-state index in [2.05, 4.69) is 12.0 Å². The van der Waals surface area contributed by atoms with Gasteiger partial charge in [0.15, 0.2) is 0 Å². The molecule has 1 amide bonds. The number of rotatable bonds is 9. The van der Waals surface area contributed by atoms with Crippen LogP contribution in [0.15, 0.2) is 48.0 Å². The van der Waals surface area contributed by atoms with Gasteiger partial charge in [0.05, 0.1) is 41.9 Å². The third-order valence-electron chi connectivity index (χ3n) is 7.35. The van der Waals surface area contributed by atoms with Crippen molar-refractivity contribution in [3.63, 3.8) is 0 Å². The van der Waals surface area contributed by atoms with E-state index < -0.39 is 0 Å². The third kappa shape index (κ3) is 5.49. The molecule has 13 heteroatoms. The number of benzene rings is 2. The van der Waals surface area contributed by atoms with Crippen LogP contribution in [0.3, 0.4) is 0 Å². The van der Waals surface area contributed by atoms with E-state index >= 15 is 0 Å². The van der Waals surface area contributed by atoms with Crippen LogP contribution in [-0.4, -0.2) is 68.8 Å². The lowest BCUT2D eigenvalue weighted by Crippen LogP contribution is -2.37. The van der Waals surface area contributed by atoms with E-state index in [0.717, 1.165) is 60.0 Å². The molecule has 5 heterocycles. The number of nitrogens with zero attached hydrogens (tertiary/aromatic N) is 6. The van der Waals surface area contributed by atoms with Gasteiger partial charge in [-0.1, -0.05) is 30.4 Å². The predicted octanol–water partition coefficient (Wildman–Crippen LogP) is 6.20. The summed E-state index contributed by atoms with van der Waals surface area (Å²) >= 11 is 4.66. The van der Waals surface area contributed by atoms with Gasteiger partial charge in [-0.05, 0) is 25.0 Å². The van der Waals surface area contributed by atoms with Gasteiger partial charge in [-0.15, -0.1) is 22.7 Å². The Balaban J connectivity index is 1.07. The Bertz CT molecular complexity index is 1890. The fourth-order valence-corrected chi connectivity index (χ4v) is 7.50. The molecular weight excluding hydrogens is 605 g/mol. The van der Waals surface area contributed by atoms with Crippen LogP contribution in [-0.2, 0) is 17.8 Å². The van der Waals surface area contributed by atoms with Crippen molar-refractivity contribution in [2.75, 3.05) is 27.4 Å². The molecule has 1 aliphatic heterocycles. The lowest BCUT2D eigenvalue weighted by atomic mass is 10.1. The van der Waals surface area contributed by atoms with Crippen molar-refractivity contribution in [1.29, 1.82) is 0 Å². The van der Waals surface area contributed by atoms with E-state index in [1.807, 2.05) is 59.5 Å². The lowest BCUT2D eigenvalue weighted by Gasteiger charge is -2.23. The number of hydrogen-bond acceptors (Lipinski definition) is 11. The van der Waals surface area contributed by atoms with Crippen molar-refractivity contribution < 1.29 is 19.0 Å². The largest absolute Gasteiger partial charge is 0.497 e.